The number of hydrogen-bond donors (Lipinski definition) is 2. The van der Waals surface area contributed by atoms with E-state index in [1.165, 1.54) is 0 Å². The van der Waals surface area contributed by atoms with E-state index in [9.17, 15) is 9.59 Å². The molecule has 2 aliphatic heterocycles. The van der Waals surface area contributed by atoms with Gasteiger partial charge in [-0.3, -0.25) is 9.59 Å². The number of para-hydroxylation sites is 1. The molecule has 0 bridgehead atoms. The summed E-state index contributed by atoms with van der Waals surface area (Å²) in [6.45, 7) is 1.57. The zero-order chi connectivity index (χ0) is 19.5. The minimum Gasteiger partial charge on any atom is -0.480 e. The van der Waals surface area contributed by atoms with Crippen molar-refractivity contribution in [2.75, 3.05) is 25.5 Å². The Morgan fingerprint density at radius 3 is 2.79 bits per heavy atom. The Balaban J connectivity index is 0.00000240. The highest BCUT2D eigenvalue weighted by Gasteiger charge is 2.30. The van der Waals surface area contributed by atoms with Gasteiger partial charge >= 0.3 is 0 Å². The molecule has 0 radical (unpaired) electrons. The third-order valence-corrected chi connectivity index (χ3v) is 5.39. The van der Waals surface area contributed by atoms with Gasteiger partial charge in [-0.15, -0.1) is 12.4 Å². The van der Waals surface area contributed by atoms with Crippen molar-refractivity contribution in [3.05, 3.63) is 59.7 Å². The zero-order valence-corrected chi connectivity index (χ0v) is 17.2. The molecule has 0 aliphatic carbocycles. The lowest BCUT2D eigenvalue weighted by molar-refractivity contribution is -0.122. The molecule has 0 spiro atoms. The lowest BCUT2D eigenvalue weighted by Gasteiger charge is -2.24. The number of nitrogens with zero attached hydrogens (tertiary/aromatic N) is 1. The Labute approximate surface area is 177 Å². The number of nitrogens with one attached hydrogen (secondary N) is 2. The first kappa shape index (κ1) is 21.1. The van der Waals surface area contributed by atoms with Crippen LogP contribution in [0.2, 0.25) is 0 Å². The molecule has 4 rings (SSSR count). The number of carbonyl (C=O) groups excluding carboxylic acids is 2. The van der Waals surface area contributed by atoms with Gasteiger partial charge in [-0.1, -0.05) is 24.3 Å². The minimum atomic E-state index is -0.546. The third-order valence-electron chi connectivity index (χ3n) is 5.39. The Kier molecular flexibility index (Phi) is 6.77. The van der Waals surface area contributed by atoms with E-state index in [1.807, 2.05) is 36.2 Å². The summed E-state index contributed by atoms with van der Waals surface area (Å²) in [5, 5.41) is 6.05. The molecule has 0 saturated carbocycles. The number of carbonyl (C=O) groups is 2. The summed E-state index contributed by atoms with van der Waals surface area (Å²) < 4.78 is 5.75. The standard InChI is InChI=1S/C22H25N3O3.ClH/c1-23-14-18-9-5-11-25(18)22(27)16-7-4-8-17(12-16)24-21(26)20-13-15-6-2-3-10-19(15)28-20;/h2-4,6-8,10,12,18,20,23H,5,9,11,13-14H2,1H3,(H,24,26);1H. The van der Waals surface area contributed by atoms with Crippen LogP contribution in [0.4, 0.5) is 5.69 Å². The van der Waals surface area contributed by atoms with Gasteiger partial charge in [-0.2, -0.15) is 0 Å². The van der Waals surface area contributed by atoms with Crippen molar-refractivity contribution in [2.45, 2.75) is 31.4 Å². The summed E-state index contributed by atoms with van der Waals surface area (Å²) in [4.78, 5) is 27.5. The van der Waals surface area contributed by atoms with Crippen LogP contribution in [-0.4, -0.2) is 49.0 Å². The van der Waals surface area contributed by atoms with Crippen LogP contribution in [0.3, 0.4) is 0 Å². The molecule has 29 heavy (non-hydrogen) atoms. The van der Waals surface area contributed by atoms with Gasteiger partial charge in [0, 0.05) is 36.8 Å². The van der Waals surface area contributed by atoms with Crippen LogP contribution < -0.4 is 15.4 Å². The third kappa shape index (κ3) is 4.54. The molecule has 2 aliphatic rings. The van der Waals surface area contributed by atoms with Crippen LogP contribution in [0, 0.1) is 0 Å². The van der Waals surface area contributed by atoms with Gasteiger partial charge in [0.2, 0.25) is 0 Å². The second-order valence-electron chi connectivity index (χ2n) is 7.34. The van der Waals surface area contributed by atoms with Crippen molar-refractivity contribution < 1.29 is 14.3 Å². The number of ether oxygens (including phenoxy) is 1. The first-order chi connectivity index (χ1) is 13.7. The molecule has 154 valence electrons. The van der Waals surface area contributed by atoms with Gasteiger partial charge in [-0.25, -0.2) is 0 Å². The second kappa shape index (κ2) is 9.29. The predicted molar refractivity (Wildman–Crippen MR) is 115 cm³/mol. The van der Waals surface area contributed by atoms with E-state index in [1.54, 1.807) is 24.3 Å². The van der Waals surface area contributed by atoms with Gasteiger partial charge in [0.25, 0.3) is 11.8 Å². The number of fused-ring (bicyclic) bond motifs is 1. The fourth-order valence-electron chi connectivity index (χ4n) is 4.00. The van der Waals surface area contributed by atoms with E-state index in [2.05, 4.69) is 10.6 Å². The number of anilines is 1. The lowest BCUT2D eigenvalue weighted by Crippen LogP contribution is -2.40. The zero-order valence-electron chi connectivity index (χ0n) is 16.4. The maximum atomic E-state index is 12.9. The van der Waals surface area contributed by atoms with Gasteiger partial charge in [0.1, 0.15) is 5.75 Å². The molecule has 1 fully saturated rings. The summed E-state index contributed by atoms with van der Waals surface area (Å²) in [7, 11) is 1.90. The van der Waals surface area contributed by atoms with Gasteiger partial charge in [0.05, 0.1) is 0 Å². The predicted octanol–water partition coefficient (Wildman–Crippen LogP) is 2.87. The SMILES string of the molecule is CNCC1CCCN1C(=O)c1cccc(NC(=O)C2Cc3ccccc3O2)c1.Cl. The summed E-state index contributed by atoms with van der Waals surface area (Å²) in [6.07, 6.45) is 2.05. The van der Waals surface area contributed by atoms with E-state index in [0.29, 0.717) is 17.7 Å². The fourth-order valence-corrected chi connectivity index (χ4v) is 4.00. The van der Waals surface area contributed by atoms with E-state index in [4.69, 9.17) is 4.74 Å². The van der Waals surface area contributed by atoms with Gasteiger partial charge < -0.3 is 20.3 Å². The molecule has 0 aromatic heterocycles. The fraction of sp³-hybridized carbons (Fsp3) is 0.364. The van der Waals surface area contributed by atoms with Crippen LogP contribution in [0.1, 0.15) is 28.8 Å². The van der Waals surface area contributed by atoms with E-state index in [-0.39, 0.29) is 30.3 Å². The molecule has 2 atom stereocenters. The van der Waals surface area contributed by atoms with Crippen LogP contribution in [0.15, 0.2) is 48.5 Å². The van der Waals surface area contributed by atoms with Gasteiger partial charge in [-0.05, 0) is 49.7 Å². The lowest BCUT2D eigenvalue weighted by atomic mass is 10.1. The molecular weight excluding hydrogens is 390 g/mol. The molecule has 2 aromatic rings. The Bertz CT molecular complexity index is 864. The van der Waals surface area contributed by atoms with E-state index >= 15 is 0 Å². The highest BCUT2D eigenvalue weighted by atomic mass is 35.5. The maximum absolute atomic E-state index is 12.9. The van der Waals surface area contributed by atoms with Crippen molar-refractivity contribution in [3.8, 4) is 5.75 Å². The van der Waals surface area contributed by atoms with Crippen LogP contribution in [0.25, 0.3) is 0 Å². The topological polar surface area (TPSA) is 70.7 Å². The molecule has 2 N–H and O–H groups in total. The Morgan fingerprint density at radius 1 is 1.17 bits per heavy atom. The largest absolute Gasteiger partial charge is 0.480 e. The van der Waals surface area contributed by atoms with Crippen molar-refractivity contribution >= 4 is 29.9 Å². The second-order valence-corrected chi connectivity index (χ2v) is 7.34. The van der Waals surface area contributed by atoms with E-state index < -0.39 is 6.10 Å². The molecule has 7 heteroatoms. The maximum Gasteiger partial charge on any atom is 0.265 e. The number of amides is 2. The minimum absolute atomic E-state index is 0. The number of rotatable bonds is 5. The van der Waals surface area contributed by atoms with Gasteiger partial charge in [0.15, 0.2) is 6.10 Å². The molecule has 2 aromatic carbocycles. The normalized spacial score (nSPS) is 19.8. The number of likely N-dealkylation sites (N-methyl/N-ethyl adjacent to an activating group) is 1. The van der Waals surface area contributed by atoms with Crippen LogP contribution in [-0.2, 0) is 11.2 Å². The Hall–Kier alpha value is -2.57. The van der Waals surface area contributed by atoms with Crippen molar-refractivity contribution in [1.29, 1.82) is 0 Å². The molecule has 2 amide bonds. The number of benzene rings is 2. The van der Waals surface area contributed by atoms with E-state index in [0.717, 1.165) is 37.2 Å². The highest BCUT2D eigenvalue weighted by Crippen LogP contribution is 2.29. The average molecular weight is 416 g/mol. The number of hydrogen-bond acceptors (Lipinski definition) is 4. The van der Waals surface area contributed by atoms with Crippen molar-refractivity contribution in [2.24, 2.45) is 0 Å². The Morgan fingerprint density at radius 2 is 2.00 bits per heavy atom. The molecule has 1 saturated heterocycles. The van der Waals surface area contributed by atoms with Crippen molar-refractivity contribution in [1.82, 2.24) is 10.2 Å². The smallest absolute Gasteiger partial charge is 0.265 e. The number of halogens is 1. The van der Waals surface area contributed by atoms with Crippen molar-refractivity contribution in [3.63, 3.8) is 0 Å². The number of likely N-dealkylation sites (tertiary alicyclic amines) is 1. The summed E-state index contributed by atoms with van der Waals surface area (Å²) in [6, 6.07) is 15.1. The summed E-state index contributed by atoms with van der Waals surface area (Å²) >= 11 is 0. The molecule has 6 nitrogen and oxygen atoms in total. The average Bonchev–Trinajstić information content (AvgIpc) is 3.35. The quantitative estimate of drug-likeness (QED) is 0.787. The molecule has 2 unspecified atom stereocenters. The highest BCUT2D eigenvalue weighted by molar-refractivity contribution is 5.99. The monoisotopic (exact) mass is 415 g/mol. The first-order valence-corrected chi connectivity index (χ1v) is 9.77. The van der Waals surface area contributed by atoms with Crippen LogP contribution in [0.5, 0.6) is 5.75 Å². The van der Waals surface area contributed by atoms with Crippen LogP contribution >= 0.6 is 12.4 Å². The molecule has 2 heterocycles. The summed E-state index contributed by atoms with van der Waals surface area (Å²) in [5.74, 6) is 0.574. The molecular formula is C22H26ClN3O3. The first-order valence-electron chi connectivity index (χ1n) is 9.77. The summed E-state index contributed by atoms with van der Waals surface area (Å²) in [5.41, 5.74) is 2.24.